The molecular weight excluding hydrogens is 735 g/mol. The number of hydrogen-bond acceptors (Lipinski definition) is 11. The SMILES string of the molecule is CCOC(=O)C1=C(C)N=c2s/c(=C\c3ccc(Sc4n[nH]c(-c5ccc(Cl)cc5Cl)n4)c([N+](=O)[O-])c3)c(=O)n2[C@H]1c1cc(Cl)ccc1OC. The van der Waals surface area contributed by atoms with Crippen molar-refractivity contribution in [1.29, 1.82) is 0 Å². The Morgan fingerprint density at radius 2 is 1.90 bits per heavy atom. The van der Waals surface area contributed by atoms with E-state index < -0.39 is 22.5 Å². The van der Waals surface area contributed by atoms with Gasteiger partial charge in [-0.1, -0.05) is 52.2 Å². The number of ether oxygens (including phenoxy) is 2. The Morgan fingerprint density at radius 3 is 2.61 bits per heavy atom. The molecule has 0 aliphatic carbocycles. The first kappa shape index (κ1) is 34.4. The molecule has 17 heteroatoms. The summed E-state index contributed by atoms with van der Waals surface area (Å²) in [6.07, 6.45) is 1.54. The van der Waals surface area contributed by atoms with E-state index in [1.54, 1.807) is 62.4 Å². The number of nitrogens with one attached hydrogen (secondary N) is 1. The molecule has 3 heterocycles. The van der Waals surface area contributed by atoms with Crippen LogP contribution in [0, 0.1) is 10.1 Å². The first-order valence-corrected chi connectivity index (χ1v) is 17.1. The molecule has 0 radical (unpaired) electrons. The molecular formula is C32H23Cl3N6O6S2. The molecule has 1 aliphatic heterocycles. The molecule has 0 unspecified atom stereocenters. The van der Waals surface area contributed by atoms with Crippen LogP contribution in [0.2, 0.25) is 15.1 Å². The van der Waals surface area contributed by atoms with Crippen LogP contribution in [-0.4, -0.2) is 44.4 Å². The van der Waals surface area contributed by atoms with Crippen LogP contribution in [0.3, 0.4) is 0 Å². The fraction of sp³-hybridized carbons (Fsp3) is 0.156. The minimum atomic E-state index is -0.965. The van der Waals surface area contributed by atoms with E-state index >= 15 is 0 Å². The number of halogens is 3. The zero-order valence-electron chi connectivity index (χ0n) is 25.7. The zero-order valence-corrected chi connectivity index (χ0v) is 29.6. The number of aromatic nitrogens is 4. The van der Waals surface area contributed by atoms with E-state index in [9.17, 15) is 19.7 Å². The summed E-state index contributed by atoms with van der Waals surface area (Å²) in [5.74, 6) is 0.136. The lowest BCUT2D eigenvalue weighted by Crippen LogP contribution is -2.40. The van der Waals surface area contributed by atoms with Crippen molar-refractivity contribution in [3.8, 4) is 17.1 Å². The molecule has 12 nitrogen and oxygen atoms in total. The van der Waals surface area contributed by atoms with Crippen LogP contribution in [0.4, 0.5) is 5.69 Å². The Hall–Kier alpha value is -4.47. The molecule has 250 valence electrons. The molecule has 0 saturated carbocycles. The maximum Gasteiger partial charge on any atom is 0.338 e. The van der Waals surface area contributed by atoms with Gasteiger partial charge in [0.05, 0.1) is 44.4 Å². The molecule has 3 aromatic carbocycles. The highest BCUT2D eigenvalue weighted by Crippen LogP contribution is 2.38. The molecule has 0 saturated heterocycles. The van der Waals surface area contributed by atoms with Crippen molar-refractivity contribution < 1.29 is 19.2 Å². The van der Waals surface area contributed by atoms with Crippen LogP contribution in [0.15, 0.2) is 85.7 Å². The fourth-order valence-electron chi connectivity index (χ4n) is 5.20. The number of carbonyl (C=O) groups excluding carboxylic acids is 1. The molecule has 1 aliphatic rings. The number of benzene rings is 3. The van der Waals surface area contributed by atoms with Crippen LogP contribution in [0.25, 0.3) is 17.5 Å². The van der Waals surface area contributed by atoms with Gasteiger partial charge in [0.15, 0.2) is 10.6 Å². The number of methoxy groups -OCH3 is 1. The lowest BCUT2D eigenvalue weighted by Gasteiger charge is -2.26. The van der Waals surface area contributed by atoms with Crippen molar-refractivity contribution in [2.24, 2.45) is 4.99 Å². The highest BCUT2D eigenvalue weighted by atomic mass is 35.5. The quantitative estimate of drug-likeness (QED) is 0.0994. The second kappa shape index (κ2) is 14.2. The first-order chi connectivity index (χ1) is 23.5. The van der Waals surface area contributed by atoms with E-state index in [1.165, 1.54) is 23.8 Å². The van der Waals surface area contributed by atoms with Crippen molar-refractivity contribution in [3.05, 3.63) is 122 Å². The minimum Gasteiger partial charge on any atom is -0.496 e. The monoisotopic (exact) mass is 756 g/mol. The summed E-state index contributed by atoms with van der Waals surface area (Å²) in [7, 11) is 1.47. The van der Waals surface area contributed by atoms with Gasteiger partial charge in [0.25, 0.3) is 11.2 Å². The van der Waals surface area contributed by atoms with Crippen LogP contribution in [0.5, 0.6) is 5.75 Å². The number of thiazole rings is 1. The van der Waals surface area contributed by atoms with Crippen molar-refractivity contribution in [1.82, 2.24) is 19.7 Å². The standard InChI is InChI=1S/C32H23Cl3N6O6S2/c1-4-47-30(43)26-15(2)36-32-40(27(26)20-13-17(33)7-9-23(20)46-3)29(42)25(49-32)12-16-5-10-24(22(11-16)41(44)45)48-31-37-28(38-39-31)19-8-6-18(34)14-21(19)35/h5-14,27H,4H2,1-3H3,(H,37,38,39)/b25-12-/t27-/m0/s1. The fourth-order valence-corrected chi connectivity index (χ4v) is 7.73. The van der Waals surface area contributed by atoms with Gasteiger partial charge in [-0.05, 0) is 79.7 Å². The Kier molecular flexibility index (Phi) is 9.95. The van der Waals surface area contributed by atoms with Crippen LogP contribution >= 0.6 is 57.9 Å². The highest BCUT2D eigenvalue weighted by Gasteiger charge is 2.35. The smallest absolute Gasteiger partial charge is 0.338 e. The Labute approximate surface area is 300 Å². The van der Waals surface area contributed by atoms with Gasteiger partial charge >= 0.3 is 5.97 Å². The third kappa shape index (κ3) is 6.87. The molecule has 6 rings (SSSR count). The molecule has 49 heavy (non-hydrogen) atoms. The largest absolute Gasteiger partial charge is 0.496 e. The summed E-state index contributed by atoms with van der Waals surface area (Å²) >= 11 is 20.7. The second-order valence-electron chi connectivity index (χ2n) is 10.4. The van der Waals surface area contributed by atoms with Gasteiger partial charge in [0.1, 0.15) is 11.8 Å². The zero-order chi connectivity index (χ0) is 35.0. The molecule has 1 atom stereocenters. The number of H-pyrrole nitrogens is 1. The minimum absolute atomic E-state index is 0.112. The van der Waals surface area contributed by atoms with E-state index in [0.717, 1.165) is 23.1 Å². The summed E-state index contributed by atoms with van der Waals surface area (Å²) in [6, 6.07) is 13.4. The average molecular weight is 758 g/mol. The lowest BCUT2D eigenvalue weighted by molar-refractivity contribution is -0.387. The summed E-state index contributed by atoms with van der Waals surface area (Å²) in [6.45, 7) is 3.45. The molecule has 1 N–H and O–H groups in total. The molecule has 2 aromatic heterocycles. The Balaban J connectivity index is 1.40. The lowest BCUT2D eigenvalue weighted by atomic mass is 9.95. The van der Waals surface area contributed by atoms with E-state index in [0.29, 0.717) is 53.8 Å². The van der Waals surface area contributed by atoms with Crippen molar-refractivity contribution >= 4 is 75.6 Å². The van der Waals surface area contributed by atoms with Crippen molar-refractivity contribution in [3.63, 3.8) is 0 Å². The van der Waals surface area contributed by atoms with Gasteiger partial charge < -0.3 is 9.47 Å². The average Bonchev–Trinajstić information content (AvgIpc) is 3.64. The number of nitro groups is 1. The normalized spacial score (nSPS) is 14.4. The predicted molar refractivity (Wildman–Crippen MR) is 187 cm³/mol. The maximum atomic E-state index is 14.1. The van der Waals surface area contributed by atoms with E-state index in [2.05, 4.69) is 20.2 Å². The van der Waals surface area contributed by atoms with Crippen LogP contribution < -0.4 is 19.6 Å². The number of nitrogens with zero attached hydrogens (tertiary/aromatic N) is 5. The highest BCUT2D eigenvalue weighted by molar-refractivity contribution is 7.99. The molecule has 0 amide bonds. The van der Waals surface area contributed by atoms with Gasteiger partial charge in [-0.3, -0.25) is 24.6 Å². The van der Waals surface area contributed by atoms with Gasteiger partial charge in [0, 0.05) is 27.2 Å². The molecule has 0 fully saturated rings. The number of aromatic amines is 1. The summed E-state index contributed by atoms with van der Waals surface area (Å²) in [4.78, 5) is 48.5. The number of esters is 1. The second-order valence-corrected chi connectivity index (χ2v) is 13.7. The molecule has 0 spiro atoms. The van der Waals surface area contributed by atoms with E-state index in [1.807, 2.05) is 0 Å². The Bertz CT molecular complexity index is 2370. The number of carbonyl (C=O) groups is 1. The van der Waals surface area contributed by atoms with E-state index in [-0.39, 0.29) is 32.5 Å². The number of allylic oxidation sites excluding steroid dienone is 1. The predicted octanol–water partition coefficient (Wildman–Crippen LogP) is 6.61. The van der Waals surface area contributed by atoms with Gasteiger partial charge in [-0.25, -0.2) is 14.8 Å². The van der Waals surface area contributed by atoms with Crippen LogP contribution in [0.1, 0.15) is 31.0 Å². The van der Waals surface area contributed by atoms with E-state index in [4.69, 9.17) is 44.3 Å². The van der Waals surface area contributed by atoms with Gasteiger partial charge in [-0.2, -0.15) is 0 Å². The number of hydrogen-bond donors (Lipinski definition) is 1. The topological polar surface area (TPSA) is 155 Å². The van der Waals surface area contributed by atoms with Gasteiger partial charge in [0.2, 0.25) is 5.16 Å². The number of fused-ring (bicyclic) bond motifs is 1. The van der Waals surface area contributed by atoms with Gasteiger partial charge in [-0.15, -0.1) is 5.10 Å². The summed E-state index contributed by atoms with van der Waals surface area (Å²) in [5, 5.41) is 20.6. The number of nitro benzene ring substituents is 1. The van der Waals surface area contributed by atoms with Crippen LogP contribution in [-0.2, 0) is 9.53 Å². The summed E-state index contributed by atoms with van der Waals surface area (Å²) in [5.41, 5.74) is 1.26. The maximum absolute atomic E-state index is 14.1. The Morgan fingerprint density at radius 1 is 1.14 bits per heavy atom. The number of rotatable bonds is 9. The third-order valence-electron chi connectivity index (χ3n) is 7.33. The summed E-state index contributed by atoms with van der Waals surface area (Å²) < 4.78 is 12.6. The third-order valence-corrected chi connectivity index (χ3v) is 10.0. The molecule has 0 bridgehead atoms. The van der Waals surface area contributed by atoms with Crippen molar-refractivity contribution in [2.45, 2.75) is 29.9 Å². The van der Waals surface area contributed by atoms with Crippen molar-refractivity contribution in [2.75, 3.05) is 13.7 Å². The molecule has 5 aromatic rings. The first-order valence-electron chi connectivity index (χ1n) is 14.4.